The zero-order chi connectivity index (χ0) is 15.6. The Bertz CT molecular complexity index is 307. The lowest BCUT2D eigenvalue weighted by Gasteiger charge is -2.23. The SMILES string of the molecule is CCOSC[C@H](NC(=O)OC(C)(C)C)C(=O)NCCO. The molecule has 0 aromatic heterocycles. The number of carbonyl (C=O) groups is 2. The highest BCUT2D eigenvalue weighted by molar-refractivity contribution is 7.94. The number of alkyl carbamates (subject to hydrolysis) is 1. The van der Waals surface area contributed by atoms with Gasteiger partial charge in [0.15, 0.2) is 0 Å². The Hall–Kier alpha value is -0.990. The minimum atomic E-state index is -0.784. The number of aliphatic hydroxyl groups is 1. The summed E-state index contributed by atoms with van der Waals surface area (Å²) in [6.07, 6.45) is -0.668. The van der Waals surface area contributed by atoms with Gasteiger partial charge in [0.05, 0.1) is 13.2 Å². The largest absolute Gasteiger partial charge is 0.444 e. The molecule has 2 amide bonds. The van der Waals surface area contributed by atoms with Gasteiger partial charge in [-0.2, -0.15) is 0 Å². The molecule has 0 aliphatic carbocycles. The minimum absolute atomic E-state index is 0.130. The first-order valence-electron chi connectivity index (χ1n) is 6.42. The Morgan fingerprint density at radius 1 is 1.35 bits per heavy atom. The molecule has 8 heteroatoms. The zero-order valence-electron chi connectivity index (χ0n) is 12.4. The van der Waals surface area contributed by atoms with E-state index in [-0.39, 0.29) is 18.9 Å². The van der Waals surface area contributed by atoms with Crippen molar-refractivity contribution in [2.75, 3.05) is 25.5 Å². The number of nitrogens with one attached hydrogen (secondary N) is 2. The van der Waals surface area contributed by atoms with Crippen molar-refractivity contribution in [1.82, 2.24) is 10.6 Å². The number of amides is 2. The summed E-state index contributed by atoms with van der Waals surface area (Å²) in [5.74, 6) is -0.137. The van der Waals surface area contributed by atoms with Crippen molar-refractivity contribution >= 4 is 24.0 Å². The van der Waals surface area contributed by atoms with Crippen molar-refractivity contribution in [2.24, 2.45) is 0 Å². The van der Waals surface area contributed by atoms with Gasteiger partial charge in [-0.25, -0.2) is 4.79 Å². The monoisotopic (exact) mass is 308 g/mol. The van der Waals surface area contributed by atoms with Crippen molar-refractivity contribution < 1.29 is 23.6 Å². The van der Waals surface area contributed by atoms with Crippen LogP contribution in [0.4, 0.5) is 4.79 Å². The minimum Gasteiger partial charge on any atom is -0.444 e. The molecule has 20 heavy (non-hydrogen) atoms. The average Bonchev–Trinajstić information content (AvgIpc) is 2.32. The predicted octanol–water partition coefficient (Wildman–Crippen LogP) is 0.673. The van der Waals surface area contributed by atoms with E-state index in [4.69, 9.17) is 14.0 Å². The highest BCUT2D eigenvalue weighted by atomic mass is 32.2. The maximum Gasteiger partial charge on any atom is 0.408 e. The second-order valence-corrected chi connectivity index (χ2v) is 5.71. The molecule has 7 nitrogen and oxygen atoms in total. The van der Waals surface area contributed by atoms with Gasteiger partial charge in [0.1, 0.15) is 11.6 Å². The summed E-state index contributed by atoms with van der Waals surface area (Å²) in [5.41, 5.74) is -0.636. The number of ether oxygens (including phenoxy) is 1. The lowest BCUT2D eigenvalue weighted by atomic mass is 10.2. The van der Waals surface area contributed by atoms with Gasteiger partial charge in [0, 0.05) is 12.3 Å². The van der Waals surface area contributed by atoms with Gasteiger partial charge in [0.25, 0.3) is 0 Å². The molecule has 0 unspecified atom stereocenters. The quantitative estimate of drug-likeness (QED) is 0.450. The molecule has 3 N–H and O–H groups in total. The Morgan fingerprint density at radius 3 is 2.50 bits per heavy atom. The van der Waals surface area contributed by atoms with Crippen LogP contribution in [0.1, 0.15) is 27.7 Å². The number of rotatable bonds is 8. The summed E-state index contributed by atoms with van der Waals surface area (Å²) in [6.45, 7) is 7.51. The third-order valence-corrected chi connectivity index (χ3v) is 2.73. The standard InChI is InChI=1S/C12H24N2O5S/c1-5-18-20-8-9(10(16)13-6-7-15)14-11(17)19-12(2,3)4/h9,15H,5-8H2,1-4H3,(H,13,16)(H,14,17)/t9-/m0/s1. The molecule has 0 aromatic rings. The van der Waals surface area contributed by atoms with Gasteiger partial charge in [-0.05, 0) is 39.7 Å². The second-order valence-electron chi connectivity index (χ2n) is 4.90. The van der Waals surface area contributed by atoms with Crippen molar-refractivity contribution in [3.05, 3.63) is 0 Å². The molecule has 1 atom stereocenters. The first kappa shape index (κ1) is 19.0. The fourth-order valence-electron chi connectivity index (χ4n) is 1.13. The Kier molecular flexibility index (Phi) is 9.35. The molecule has 0 spiro atoms. The molecule has 118 valence electrons. The Morgan fingerprint density at radius 2 is 2.00 bits per heavy atom. The van der Waals surface area contributed by atoms with Crippen LogP contribution >= 0.6 is 12.0 Å². The maximum atomic E-state index is 11.8. The third-order valence-electron chi connectivity index (χ3n) is 1.85. The van der Waals surface area contributed by atoms with Crippen LogP contribution in [0, 0.1) is 0 Å². The summed E-state index contributed by atoms with van der Waals surface area (Å²) in [4.78, 5) is 23.5. The van der Waals surface area contributed by atoms with Crippen molar-refractivity contribution in [2.45, 2.75) is 39.3 Å². The van der Waals surface area contributed by atoms with E-state index >= 15 is 0 Å². The molecule has 0 saturated carbocycles. The highest BCUT2D eigenvalue weighted by Crippen LogP contribution is 2.09. The van der Waals surface area contributed by atoms with E-state index < -0.39 is 23.6 Å². The predicted molar refractivity (Wildman–Crippen MR) is 77.3 cm³/mol. The van der Waals surface area contributed by atoms with Crippen LogP contribution in [0.2, 0.25) is 0 Å². The van der Waals surface area contributed by atoms with E-state index in [2.05, 4.69) is 10.6 Å². The number of hydrogen-bond donors (Lipinski definition) is 3. The normalized spacial score (nSPS) is 12.7. The van der Waals surface area contributed by atoms with Crippen molar-refractivity contribution in [3.63, 3.8) is 0 Å². The molecular weight excluding hydrogens is 284 g/mol. The Balaban J connectivity index is 4.43. The number of hydrogen-bond acceptors (Lipinski definition) is 6. The second kappa shape index (κ2) is 9.84. The van der Waals surface area contributed by atoms with Gasteiger partial charge in [-0.15, -0.1) is 0 Å². The van der Waals surface area contributed by atoms with E-state index in [1.54, 1.807) is 20.8 Å². The van der Waals surface area contributed by atoms with Gasteiger partial charge in [-0.1, -0.05) is 0 Å². The molecule has 0 aromatic carbocycles. The lowest BCUT2D eigenvalue weighted by molar-refractivity contribution is -0.122. The smallest absolute Gasteiger partial charge is 0.408 e. The fourth-order valence-corrected chi connectivity index (χ4v) is 1.77. The van der Waals surface area contributed by atoms with Crippen LogP contribution in [0.25, 0.3) is 0 Å². The summed E-state index contributed by atoms with van der Waals surface area (Å²) >= 11 is 1.09. The van der Waals surface area contributed by atoms with E-state index in [9.17, 15) is 9.59 Å². The first-order valence-corrected chi connectivity index (χ1v) is 7.33. The molecule has 0 aliphatic heterocycles. The van der Waals surface area contributed by atoms with Crippen LogP contribution in [0.3, 0.4) is 0 Å². The molecule has 0 aliphatic rings. The third kappa shape index (κ3) is 9.88. The molecular formula is C12H24N2O5S. The van der Waals surface area contributed by atoms with Gasteiger partial charge in [-0.3, -0.25) is 4.79 Å². The fraction of sp³-hybridized carbons (Fsp3) is 0.833. The van der Waals surface area contributed by atoms with Crippen LogP contribution in [0.5, 0.6) is 0 Å². The molecule has 0 radical (unpaired) electrons. The lowest BCUT2D eigenvalue weighted by Crippen LogP contribution is -2.50. The van der Waals surface area contributed by atoms with Crippen molar-refractivity contribution in [3.8, 4) is 0 Å². The van der Waals surface area contributed by atoms with Gasteiger partial charge in [0.2, 0.25) is 5.91 Å². The molecule has 0 bridgehead atoms. The summed E-state index contributed by atoms with van der Waals surface area (Å²) in [5, 5.41) is 13.7. The number of carbonyl (C=O) groups excluding carboxylic acids is 2. The average molecular weight is 308 g/mol. The van der Waals surface area contributed by atoms with E-state index in [0.717, 1.165) is 12.0 Å². The van der Waals surface area contributed by atoms with Gasteiger partial charge >= 0.3 is 6.09 Å². The first-order chi connectivity index (χ1) is 9.30. The summed E-state index contributed by atoms with van der Waals surface area (Å²) < 4.78 is 10.2. The molecule has 0 heterocycles. The van der Waals surface area contributed by atoms with E-state index in [1.165, 1.54) is 0 Å². The zero-order valence-corrected chi connectivity index (χ0v) is 13.2. The van der Waals surface area contributed by atoms with Crippen LogP contribution in [-0.4, -0.2) is 54.3 Å². The van der Waals surface area contributed by atoms with Crippen molar-refractivity contribution in [1.29, 1.82) is 0 Å². The van der Waals surface area contributed by atoms with E-state index in [1.807, 2.05) is 6.92 Å². The summed E-state index contributed by atoms with van der Waals surface area (Å²) in [6, 6.07) is -0.784. The van der Waals surface area contributed by atoms with Crippen LogP contribution < -0.4 is 10.6 Å². The Labute approximate surface area is 124 Å². The van der Waals surface area contributed by atoms with Crippen LogP contribution in [-0.2, 0) is 13.7 Å². The highest BCUT2D eigenvalue weighted by Gasteiger charge is 2.24. The maximum absolute atomic E-state index is 11.8. The number of aliphatic hydroxyl groups excluding tert-OH is 1. The van der Waals surface area contributed by atoms with Crippen LogP contribution in [0.15, 0.2) is 0 Å². The van der Waals surface area contributed by atoms with Gasteiger partial charge < -0.3 is 24.7 Å². The topological polar surface area (TPSA) is 96.9 Å². The van der Waals surface area contributed by atoms with E-state index in [0.29, 0.717) is 6.61 Å². The molecule has 0 fully saturated rings. The summed E-state index contributed by atoms with van der Waals surface area (Å²) in [7, 11) is 0. The molecule has 0 saturated heterocycles. The molecule has 0 rings (SSSR count).